The third-order valence-corrected chi connectivity index (χ3v) is 5.22. The van der Waals surface area contributed by atoms with Crippen LogP contribution in [-0.4, -0.2) is 48.9 Å². The number of nitrogens with zero attached hydrogens (tertiary/aromatic N) is 2. The minimum atomic E-state index is -0.311. The number of hydrogen-bond donors (Lipinski definition) is 0. The summed E-state index contributed by atoms with van der Waals surface area (Å²) in [5, 5.41) is 1.18. The van der Waals surface area contributed by atoms with E-state index in [0.717, 1.165) is 18.5 Å². The van der Waals surface area contributed by atoms with Gasteiger partial charge in [-0.3, -0.25) is 4.79 Å². The van der Waals surface area contributed by atoms with E-state index >= 15 is 0 Å². The van der Waals surface area contributed by atoms with Crippen LogP contribution in [0, 0.1) is 5.82 Å². The first kappa shape index (κ1) is 13.8. The lowest BCUT2D eigenvalue weighted by Gasteiger charge is -2.32. The molecule has 3 rings (SSSR count). The number of benzene rings is 1. The van der Waals surface area contributed by atoms with Gasteiger partial charge in [-0.05, 0) is 25.2 Å². The summed E-state index contributed by atoms with van der Waals surface area (Å²) < 4.78 is 14.0. The smallest absolute Gasteiger partial charge is 0.265 e. The van der Waals surface area contributed by atoms with Gasteiger partial charge in [0.25, 0.3) is 5.91 Å². The Kier molecular flexibility index (Phi) is 3.67. The Morgan fingerprint density at radius 2 is 2.00 bits per heavy atom. The number of rotatable bonds is 1. The molecule has 1 saturated heterocycles. The fourth-order valence-corrected chi connectivity index (χ4v) is 3.83. The molecular formula is C14H14ClFN2OS. The number of piperazine rings is 1. The topological polar surface area (TPSA) is 23.6 Å². The maximum atomic E-state index is 13.2. The van der Waals surface area contributed by atoms with Gasteiger partial charge in [0.2, 0.25) is 0 Å². The third kappa shape index (κ3) is 2.41. The summed E-state index contributed by atoms with van der Waals surface area (Å²) in [6.45, 7) is 3.13. The number of thiophene rings is 1. The first-order valence-corrected chi connectivity index (χ1v) is 7.61. The lowest BCUT2D eigenvalue weighted by molar-refractivity contribution is 0.0669. The Bertz CT molecular complexity index is 664. The average Bonchev–Trinajstić information content (AvgIpc) is 2.75. The van der Waals surface area contributed by atoms with Crippen LogP contribution in [0.1, 0.15) is 9.67 Å². The lowest BCUT2D eigenvalue weighted by atomic mass is 10.2. The van der Waals surface area contributed by atoms with Crippen LogP contribution in [0.2, 0.25) is 5.02 Å². The normalized spacial score (nSPS) is 16.9. The highest BCUT2D eigenvalue weighted by atomic mass is 35.5. The monoisotopic (exact) mass is 312 g/mol. The van der Waals surface area contributed by atoms with E-state index < -0.39 is 0 Å². The molecule has 1 aromatic heterocycles. The highest BCUT2D eigenvalue weighted by Crippen LogP contribution is 2.36. The molecule has 1 aliphatic rings. The van der Waals surface area contributed by atoms with Gasteiger partial charge in [0.1, 0.15) is 10.7 Å². The van der Waals surface area contributed by atoms with E-state index in [1.54, 1.807) is 6.07 Å². The predicted molar refractivity (Wildman–Crippen MR) is 80.2 cm³/mol. The second-order valence-electron chi connectivity index (χ2n) is 4.98. The zero-order chi connectivity index (χ0) is 14.3. The zero-order valence-corrected chi connectivity index (χ0v) is 12.6. The van der Waals surface area contributed by atoms with Crippen molar-refractivity contribution in [2.75, 3.05) is 33.2 Å². The van der Waals surface area contributed by atoms with Crippen LogP contribution in [0.4, 0.5) is 4.39 Å². The second kappa shape index (κ2) is 5.31. The molecule has 0 unspecified atom stereocenters. The van der Waals surface area contributed by atoms with Crippen LogP contribution in [-0.2, 0) is 0 Å². The highest BCUT2D eigenvalue weighted by molar-refractivity contribution is 7.21. The summed E-state index contributed by atoms with van der Waals surface area (Å²) >= 11 is 7.55. The van der Waals surface area contributed by atoms with Crippen LogP contribution in [0.15, 0.2) is 18.2 Å². The molecule has 20 heavy (non-hydrogen) atoms. The molecule has 1 aliphatic heterocycles. The minimum Gasteiger partial charge on any atom is -0.335 e. The molecule has 106 valence electrons. The SMILES string of the molecule is CN1CCN(C(=O)c2sc3cc(F)ccc3c2Cl)CC1. The summed E-state index contributed by atoms with van der Waals surface area (Å²) in [5.41, 5.74) is 0. The van der Waals surface area contributed by atoms with Crippen molar-refractivity contribution < 1.29 is 9.18 Å². The van der Waals surface area contributed by atoms with E-state index in [-0.39, 0.29) is 11.7 Å². The van der Waals surface area contributed by atoms with Crippen LogP contribution in [0.25, 0.3) is 10.1 Å². The molecule has 0 radical (unpaired) electrons. The Morgan fingerprint density at radius 3 is 2.70 bits per heavy atom. The summed E-state index contributed by atoms with van der Waals surface area (Å²) in [6.07, 6.45) is 0. The molecule has 0 spiro atoms. The molecule has 0 saturated carbocycles. The first-order valence-electron chi connectivity index (χ1n) is 6.41. The summed E-state index contributed by atoms with van der Waals surface area (Å²) in [4.78, 5) is 17.0. The summed E-state index contributed by atoms with van der Waals surface area (Å²) in [5.74, 6) is -0.362. The molecule has 1 fully saturated rings. The van der Waals surface area contributed by atoms with Crippen molar-refractivity contribution in [1.29, 1.82) is 0 Å². The van der Waals surface area contributed by atoms with Crippen LogP contribution < -0.4 is 0 Å². The largest absolute Gasteiger partial charge is 0.335 e. The summed E-state index contributed by atoms with van der Waals surface area (Å²) in [6, 6.07) is 4.42. The van der Waals surface area contributed by atoms with E-state index in [2.05, 4.69) is 4.90 Å². The molecule has 6 heteroatoms. The van der Waals surface area contributed by atoms with Gasteiger partial charge in [0.05, 0.1) is 5.02 Å². The van der Waals surface area contributed by atoms with Crippen molar-refractivity contribution in [2.45, 2.75) is 0 Å². The van der Waals surface area contributed by atoms with Crippen molar-refractivity contribution in [3.63, 3.8) is 0 Å². The van der Waals surface area contributed by atoms with Gasteiger partial charge >= 0.3 is 0 Å². The highest BCUT2D eigenvalue weighted by Gasteiger charge is 2.25. The van der Waals surface area contributed by atoms with Gasteiger partial charge in [0.15, 0.2) is 0 Å². The van der Waals surface area contributed by atoms with Gasteiger partial charge in [-0.2, -0.15) is 0 Å². The van der Waals surface area contributed by atoms with Crippen molar-refractivity contribution in [3.05, 3.63) is 33.9 Å². The molecule has 1 aromatic carbocycles. The van der Waals surface area contributed by atoms with E-state index in [4.69, 9.17) is 11.6 Å². The Balaban J connectivity index is 1.93. The first-order chi connectivity index (χ1) is 9.56. The van der Waals surface area contributed by atoms with Gasteiger partial charge < -0.3 is 9.80 Å². The Labute approximate surface area is 125 Å². The molecule has 2 aromatic rings. The minimum absolute atomic E-state index is 0.0512. The zero-order valence-electron chi connectivity index (χ0n) is 11.0. The molecule has 1 amide bonds. The molecule has 0 aliphatic carbocycles. The molecule has 0 N–H and O–H groups in total. The van der Waals surface area contributed by atoms with E-state index in [1.165, 1.54) is 23.5 Å². The van der Waals surface area contributed by atoms with Crippen molar-refractivity contribution in [2.24, 2.45) is 0 Å². The third-order valence-electron chi connectivity index (χ3n) is 3.58. The molecular weight excluding hydrogens is 299 g/mol. The second-order valence-corrected chi connectivity index (χ2v) is 6.41. The van der Waals surface area contributed by atoms with Crippen molar-refractivity contribution >= 4 is 38.9 Å². The molecule has 3 nitrogen and oxygen atoms in total. The Morgan fingerprint density at radius 1 is 1.30 bits per heavy atom. The maximum Gasteiger partial charge on any atom is 0.265 e. The van der Waals surface area contributed by atoms with E-state index in [0.29, 0.717) is 27.7 Å². The Hall–Kier alpha value is -1.17. The summed E-state index contributed by atoms with van der Waals surface area (Å²) in [7, 11) is 2.04. The van der Waals surface area contributed by atoms with Crippen LogP contribution in [0.5, 0.6) is 0 Å². The van der Waals surface area contributed by atoms with Gasteiger partial charge in [-0.25, -0.2) is 4.39 Å². The van der Waals surface area contributed by atoms with E-state index in [9.17, 15) is 9.18 Å². The number of likely N-dealkylation sites (N-methyl/N-ethyl adjacent to an activating group) is 1. The quantitative estimate of drug-likeness (QED) is 0.808. The number of hydrogen-bond acceptors (Lipinski definition) is 3. The number of carbonyl (C=O) groups excluding carboxylic acids is 1. The van der Waals surface area contributed by atoms with E-state index in [1.807, 2.05) is 11.9 Å². The fourth-order valence-electron chi connectivity index (χ4n) is 2.33. The molecule has 0 bridgehead atoms. The van der Waals surface area contributed by atoms with Gasteiger partial charge in [0, 0.05) is 36.3 Å². The van der Waals surface area contributed by atoms with Crippen molar-refractivity contribution in [3.8, 4) is 0 Å². The van der Waals surface area contributed by atoms with Crippen LogP contribution >= 0.6 is 22.9 Å². The molecule has 0 atom stereocenters. The lowest BCUT2D eigenvalue weighted by Crippen LogP contribution is -2.47. The number of carbonyl (C=O) groups is 1. The predicted octanol–water partition coefficient (Wildman–Crippen LogP) is 3.08. The number of fused-ring (bicyclic) bond motifs is 1. The maximum absolute atomic E-state index is 13.2. The number of amides is 1. The van der Waals surface area contributed by atoms with Crippen LogP contribution in [0.3, 0.4) is 0 Å². The standard InChI is InChI=1S/C14H14ClFN2OS/c1-17-4-6-18(7-5-17)14(19)13-12(15)10-3-2-9(16)8-11(10)20-13/h2-3,8H,4-7H2,1H3. The fraction of sp³-hybridized carbons (Fsp3) is 0.357. The van der Waals surface area contributed by atoms with Crippen molar-refractivity contribution in [1.82, 2.24) is 9.80 Å². The van der Waals surface area contributed by atoms with Gasteiger partial charge in [-0.15, -0.1) is 11.3 Å². The average molecular weight is 313 g/mol. The van der Waals surface area contributed by atoms with Gasteiger partial charge in [-0.1, -0.05) is 11.6 Å². The molecule has 2 heterocycles. The number of halogens is 2.